The first-order valence-corrected chi connectivity index (χ1v) is 7.31. The molecule has 0 aliphatic carbocycles. The van der Waals surface area contributed by atoms with E-state index < -0.39 is 0 Å². The van der Waals surface area contributed by atoms with Gasteiger partial charge in [-0.2, -0.15) is 0 Å². The maximum Gasteiger partial charge on any atom is 0.118 e. The Morgan fingerprint density at radius 1 is 0.773 bits per heavy atom. The Kier molecular flexibility index (Phi) is 3.16. The van der Waals surface area contributed by atoms with Gasteiger partial charge in [-0.1, -0.05) is 48.5 Å². The summed E-state index contributed by atoms with van der Waals surface area (Å²) in [5.41, 5.74) is 3.41. The molecule has 0 bridgehead atoms. The van der Waals surface area contributed by atoms with E-state index in [0.29, 0.717) is 0 Å². The zero-order valence-corrected chi connectivity index (χ0v) is 12.0. The highest BCUT2D eigenvalue weighted by molar-refractivity contribution is 5.79. The van der Waals surface area contributed by atoms with E-state index in [4.69, 9.17) is 0 Å². The summed E-state index contributed by atoms with van der Waals surface area (Å²) in [6.45, 7) is 0. The third kappa shape index (κ3) is 2.27. The number of hydrogen-bond acceptors (Lipinski definition) is 2. The normalized spacial score (nSPS) is 12.4. The molecule has 0 fully saturated rings. The molecule has 3 nitrogen and oxygen atoms in total. The Balaban J connectivity index is 1.89. The molecule has 0 amide bonds. The fraction of sp³-hybridized carbons (Fsp3) is 0.0526. The summed E-state index contributed by atoms with van der Waals surface area (Å²) < 4.78 is 0. The van der Waals surface area contributed by atoms with Crippen LogP contribution < -0.4 is 0 Å². The van der Waals surface area contributed by atoms with Crippen molar-refractivity contribution in [2.75, 3.05) is 0 Å². The van der Waals surface area contributed by atoms with Crippen LogP contribution in [0.4, 0.5) is 0 Å². The lowest BCUT2D eigenvalue weighted by Gasteiger charge is -2.16. The van der Waals surface area contributed by atoms with Crippen molar-refractivity contribution in [1.82, 2.24) is 15.0 Å². The smallest absolute Gasteiger partial charge is 0.118 e. The second kappa shape index (κ2) is 5.45. The number of fused-ring (bicyclic) bond motifs is 1. The van der Waals surface area contributed by atoms with Gasteiger partial charge >= 0.3 is 0 Å². The lowest BCUT2D eigenvalue weighted by Crippen LogP contribution is -2.05. The van der Waals surface area contributed by atoms with Gasteiger partial charge in [-0.3, -0.25) is 4.98 Å². The van der Waals surface area contributed by atoms with Crippen molar-refractivity contribution in [3.05, 3.63) is 96.2 Å². The van der Waals surface area contributed by atoms with Crippen LogP contribution in [0.15, 0.2) is 79.3 Å². The SMILES string of the molecule is c1ccc(C(c2ccc3cccnc3c2)c2ncc[nH]2)cc1. The van der Waals surface area contributed by atoms with Crippen LogP contribution in [0.2, 0.25) is 0 Å². The van der Waals surface area contributed by atoms with Crippen molar-refractivity contribution in [3.63, 3.8) is 0 Å². The van der Waals surface area contributed by atoms with Crippen molar-refractivity contribution in [2.45, 2.75) is 5.92 Å². The Bertz CT molecular complexity index is 883. The molecular formula is C19H15N3. The van der Waals surface area contributed by atoms with Crippen LogP contribution in [0.25, 0.3) is 10.9 Å². The predicted molar refractivity (Wildman–Crippen MR) is 87.7 cm³/mol. The molecular weight excluding hydrogens is 270 g/mol. The number of imidazole rings is 1. The standard InChI is InChI=1S/C19H15N3/c1-2-5-15(6-3-1)18(19-21-11-12-22-19)16-9-8-14-7-4-10-20-17(14)13-16/h1-13,18H,(H,21,22). The number of benzene rings is 2. The average Bonchev–Trinajstić information content (AvgIpc) is 3.10. The molecule has 1 N–H and O–H groups in total. The van der Waals surface area contributed by atoms with Crippen molar-refractivity contribution in [2.24, 2.45) is 0 Å². The van der Waals surface area contributed by atoms with Crippen LogP contribution >= 0.6 is 0 Å². The maximum absolute atomic E-state index is 4.47. The lowest BCUT2D eigenvalue weighted by atomic mass is 9.90. The summed E-state index contributed by atoms with van der Waals surface area (Å²) in [7, 11) is 0. The number of nitrogens with one attached hydrogen (secondary N) is 1. The maximum atomic E-state index is 4.47. The van der Waals surface area contributed by atoms with Crippen LogP contribution in [0.3, 0.4) is 0 Å². The van der Waals surface area contributed by atoms with Gasteiger partial charge in [-0.15, -0.1) is 0 Å². The first-order chi connectivity index (χ1) is 10.9. The van der Waals surface area contributed by atoms with E-state index in [2.05, 4.69) is 63.5 Å². The largest absolute Gasteiger partial charge is 0.348 e. The van der Waals surface area contributed by atoms with Crippen molar-refractivity contribution >= 4 is 10.9 Å². The first-order valence-electron chi connectivity index (χ1n) is 7.31. The summed E-state index contributed by atoms with van der Waals surface area (Å²) in [6.07, 6.45) is 5.49. The van der Waals surface area contributed by atoms with Gasteiger partial charge in [0.25, 0.3) is 0 Å². The minimum Gasteiger partial charge on any atom is -0.348 e. The van der Waals surface area contributed by atoms with Gasteiger partial charge < -0.3 is 4.98 Å². The third-order valence-corrected chi connectivity index (χ3v) is 3.89. The quantitative estimate of drug-likeness (QED) is 0.614. The number of H-pyrrole nitrogens is 1. The summed E-state index contributed by atoms with van der Waals surface area (Å²) >= 11 is 0. The highest BCUT2D eigenvalue weighted by Gasteiger charge is 2.19. The highest BCUT2D eigenvalue weighted by atomic mass is 14.9. The molecule has 0 saturated heterocycles. The fourth-order valence-corrected chi connectivity index (χ4v) is 2.85. The molecule has 2 heterocycles. The Morgan fingerprint density at radius 2 is 1.68 bits per heavy atom. The molecule has 2 aromatic heterocycles. The number of aromatic nitrogens is 3. The Hall–Kier alpha value is -2.94. The van der Waals surface area contributed by atoms with Crippen LogP contribution in [0.5, 0.6) is 0 Å². The molecule has 0 aliphatic heterocycles. The van der Waals surface area contributed by atoms with Gasteiger partial charge in [0, 0.05) is 24.0 Å². The van der Waals surface area contributed by atoms with Crippen molar-refractivity contribution < 1.29 is 0 Å². The van der Waals surface area contributed by atoms with Gasteiger partial charge in [-0.25, -0.2) is 4.98 Å². The molecule has 22 heavy (non-hydrogen) atoms. The number of nitrogens with zero attached hydrogens (tertiary/aromatic N) is 2. The van der Waals surface area contributed by atoms with E-state index >= 15 is 0 Å². The highest BCUT2D eigenvalue weighted by Crippen LogP contribution is 2.31. The molecule has 0 radical (unpaired) electrons. The number of aromatic amines is 1. The fourth-order valence-electron chi connectivity index (χ4n) is 2.85. The number of pyridine rings is 1. The molecule has 0 saturated carbocycles. The average molecular weight is 285 g/mol. The molecule has 4 aromatic rings. The zero-order valence-electron chi connectivity index (χ0n) is 12.0. The van der Waals surface area contributed by atoms with E-state index in [1.54, 1.807) is 6.20 Å². The number of rotatable bonds is 3. The third-order valence-electron chi connectivity index (χ3n) is 3.89. The minimum atomic E-state index is 0.0857. The van der Waals surface area contributed by atoms with Crippen LogP contribution in [-0.4, -0.2) is 15.0 Å². The first kappa shape index (κ1) is 12.8. The van der Waals surface area contributed by atoms with Crippen LogP contribution in [0.1, 0.15) is 22.9 Å². The second-order valence-corrected chi connectivity index (χ2v) is 5.27. The Morgan fingerprint density at radius 3 is 2.50 bits per heavy atom. The van der Waals surface area contributed by atoms with Gasteiger partial charge in [0.2, 0.25) is 0 Å². The van der Waals surface area contributed by atoms with Gasteiger partial charge in [0.05, 0.1) is 11.4 Å². The van der Waals surface area contributed by atoms with E-state index in [1.807, 2.05) is 24.5 Å². The molecule has 1 atom stereocenters. The van der Waals surface area contributed by atoms with Gasteiger partial charge in [0.15, 0.2) is 0 Å². The van der Waals surface area contributed by atoms with E-state index in [9.17, 15) is 0 Å². The van der Waals surface area contributed by atoms with E-state index in [0.717, 1.165) is 16.7 Å². The van der Waals surface area contributed by atoms with Crippen molar-refractivity contribution in [3.8, 4) is 0 Å². The predicted octanol–water partition coefficient (Wildman–Crippen LogP) is 4.14. The Labute approximate surface area is 128 Å². The molecule has 0 spiro atoms. The molecule has 4 rings (SSSR count). The minimum absolute atomic E-state index is 0.0857. The summed E-state index contributed by atoms with van der Waals surface area (Å²) in [6, 6.07) is 20.9. The monoisotopic (exact) mass is 285 g/mol. The molecule has 2 aromatic carbocycles. The van der Waals surface area contributed by atoms with Gasteiger partial charge in [0.1, 0.15) is 5.82 Å². The number of hydrogen-bond donors (Lipinski definition) is 1. The van der Waals surface area contributed by atoms with E-state index in [-0.39, 0.29) is 5.92 Å². The molecule has 3 heteroatoms. The molecule has 1 unspecified atom stereocenters. The van der Waals surface area contributed by atoms with Crippen LogP contribution in [0, 0.1) is 0 Å². The topological polar surface area (TPSA) is 41.6 Å². The summed E-state index contributed by atoms with van der Waals surface area (Å²) in [5, 5.41) is 1.15. The van der Waals surface area contributed by atoms with E-state index in [1.165, 1.54) is 11.1 Å². The summed E-state index contributed by atoms with van der Waals surface area (Å²) in [5.74, 6) is 1.03. The second-order valence-electron chi connectivity index (χ2n) is 5.27. The lowest BCUT2D eigenvalue weighted by molar-refractivity contribution is 0.885. The van der Waals surface area contributed by atoms with Crippen LogP contribution in [-0.2, 0) is 0 Å². The zero-order chi connectivity index (χ0) is 14.8. The van der Waals surface area contributed by atoms with Crippen molar-refractivity contribution in [1.29, 1.82) is 0 Å². The van der Waals surface area contributed by atoms with Gasteiger partial charge in [-0.05, 0) is 23.3 Å². The summed E-state index contributed by atoms with van der Waals surface area (Å²) in [4.78, 5) is 12.2. The molecule has 106 valence electrons. The molecule has 0 aliphatic rings.